The van der Waals surface area contributed by atoms with E-state index in [0.29, 0.717) is 6.04 Å². The van der Waals surface area contributed by atoms with Crippen LogP contribution in [0.5, 0.6) is 0 Å². The Bertz CT molecular complexity index is 257. The number of aliphatic carboxylic acids is 1. The Morgan fingerprint density at radius 2 is 1.88 bits per heavy atom. The molecule has 98 valence electrons. The molecule has 0 spiro atoms. The fraction of sp³-hybridized carbons (Fsp3) is 0.929. The average molecular weight is 239 g/mol. The molecular formula is C14H25NO2. The summed E-state index contributed by atoms with van der Waals surface area (Å²) in [5.41, 5.74) is 0. The van der Waals surface area contributed by atoms with Gasteiger partial charge in [0.05, 0.1) is 6.54 Å². The van der Waals surface area contributed by atoms with Crippen molar-refractivity contribution in [1.82, 2.24) is 4.90 Å². The van der Waals surface area contributed by atoms with E-state index in [1.54, 1.807) is 0 Å². The van der Waals surface area contributed by atoms with E-state index in [2.05, 4.69) is 11.8 Å². The quantitative estimate of drug-likeness (QED) is 0.775. The van der Waals surface area contributed by atoms with Gasteiger partial charge in [-0.15, -0.1) is 0 Å². The lowest BCUT2D eigenvalue weighted by Crippen LogP contribution is -2.43. The average Bonchev–Trinajstić information content (AvgIpc) is 3.12. The Balaban J connectivity index is 1.89. The Hall–Kier alpha value is -0.570. The standard InChI is InChI=1S/C14H25NO2/c1-11(13-5-3-2-4-6-13)15(10-14(16)17)9-12-7-8-12/h11-13H,2-10H2,1H3,(H,16,17). The molecule has 1 atom stereocenters. The maximum atomic E-state index is 11.0. The molecule has 2 rings (SSSR count). The Morgan fingerprint density at radius 1 is 1.24 bits per heavy atom. The van der Waals surface area contributed by atoms with E-state index < -0.39 is 5.97 Å². The van der Waals surface area contributed by atoms with Crippen LogP contribution in [-0.4, -0.2) is 35.1 Å². The first-order chi connectivity index (χ1) is 8.16. The summed E-state index contributed by atoms with van der Waals surface area (Å²) < 4.78 is 0. The topological polar surface area (TPSA) is 40.5 Å². The Morgan fingerprint density at radius 3 is 2.41 bits per heavy atom. The van der Waals surface area contributed by atoms with E-state index in [-0.39, 0.29) is 6.54 Å². The molecule has 3 nitrogen and oxygen atoms in total. The van der Waals surface area contributed by atoms with Crippen LogP contribution in [0, 0.1) is 11.8 Å². The molecule has 0 aromatic carbocycles. The second kappa shape index (κ2) is 5.85. The summed E-state index contributed by atoms with van der Waals surface area (Å²) in [5, 5.41) is 9.02. The van der Waals surface area contributed by atoms with Crippen LogP contribution in [0.2, 0.25) is 0 Å². The van der Waals surface area contributed by atoms with Crippen LogP contribution in [0.25, 0.3) is 0 Å². The highest BCUT2D eigenvalue weighted by molar-refractivity contribution is 5.69. The van der Waals surface area contributed by atoms with Gasteiger partial charge in [0.15, 0.2) is 0 Å². The minimum absolute atomic E-state index is 0.230. The molecule has 2 saturated carbocycles. The molecule has 0 saturated heterocycles. The first-order valence-corrected chi connectivity index (χ1v) is 7.12. The van der Waals surface area contributed by atoms with Crippen molar-refractivity contribution in [2.45, 2.75) is 57.9 Å². The molecule has 1 unspecified atom stereocenters. The van der Waals surface area contributed by atoms with E-state index in [9.17, 15) is 4.79 Å². The number of hydrogen-bond acceptors (Lipinski definition) is 2. The van der Waals surface area contributed by atoms with Gasteiger partial charge in [0.25, 0.3) is 0 Å². The van der Waals surface area contributed by atoms with Crippen LogP contribution in [0.1, 0.15) is 51.9 Å². The van der Waals surface area contributed by atoms with E-state index >= 15 is 0 Å². The van der Waals surface area contributed by atoms with Gasteiger partial charge in [-0.2, -0.15) is 0 Å². The van der Waals surface area contributed by atoms with Gasteiger partial charge in [-0.25, -0.2) is 0 Å². The minimum atomic E-state index is -0.673. The number of carboxylic acid groups (broad SMARTS) is 1. The molecule has 1 N–H and O–H groups in total. The summed E-state index contributed by atoms with van der Waals surface area (Å²) in [4.78, 5) is 13.2. The second-order valence-electron chi connectivity index (χ2n) is 5.91. The number of hydrogen-bond donors (Lipinski definition) is 1. The van der Waals surface area contributed by atoms with Gasteiger partial charge in [-0.1, -0.05) is 19.3 Å². The van der Waals surface area contributed by atoms with Crippen LogP contribution >= 0.6 is 0 Å². The molecule has 2 fully saturated rings. The van der Waals surface area contributed by atoms with Gasteiger partial charge in [0, 0.05) is 12.6 Å². The second-order valence-corrected chi connectivity index (χ2v) is 5.91. The first-order valence-electron chi connectivity index (χ1n) is 7.12. The van der Waals surface area contributed by atoms with E-state index in [1.807, 2.05) is 0 Å². The SMILES string of the molecule is CC(C1CCCCC1)N(CC(=O)O)CC1CC1. The van der Waals surface area contributed by atoms with Crippen LogP contribution in [-0.2, 0) is 4.79 Å². The number of rotatable bonds is 6. The van der Waals surface area contributed by atoms with Gasteiger partial charge >= 0.3 is 5.97 Å². The lowest BCUT2D eigenvalue weighted by molar-refractivity contribution is -0.139. The largest absolute Gasteiger partial charge is 0.480 e. The van der Waals surface area contributed by atoms with Crippen molar-refractivity contribution in [2.24, 2.45) is 11.8 Å². The highest BCUT2D eigenvalue weighted by Gasteiger charge is 2.31. The number of carbonyl (C=O) groups is 1. The Labute approximate surface area is 104 Å². The molecule has 2 aliphatic rings. The summed E-state index contributed by atoms with van der Waals surface area (Å²) in [6.45, 7) is 3.47. The van der Waals surface area contributed by atoms with Crippen molar-refractivity contribution in [3.05, 3.63) is 0 Å². The lowest BCUT2D eigenvalue weighted by atomic mass is 9.84. The van der Waals surface area contributed by atoms with Crippen molar-refractivity contribution in [3.8, 4) is 0 Å². The lowest BCUT2D eigenvalue weighted by Gasteiger charge is -2.36. The third kappa shape index (κ3) is 3.98. The molecule has 0 heterocycles. The zero-order valence-electron chi connectivity index (χ0n) is 10.9. The van der Waals surface area contributed by atoms with Gasteiger partial charge in [0.1, 0.15) is 0 Å². The fourth-order valence-corrected chi connectivity index (χ4v) is 3.10. The van der Waals surface area contributed by atoms with Gasteiger partial charge in [-0.05, 0) is 44.4 Å². The normalized spacial score (nSPS) is 23.9. The minimum Gasteiger partial charge on any atom is -0.480 e. The summed E-state index contributed by atoms with van der Waals surface area (Å²) in [6.07, 6.45) is 9.22. The smallest absolute Gasteiger partial charge is 0.317 e. The maximum Gasteiger partial charge on any atom is 0.317 e. The third-order valence-corrected chi connectivity index (χ3v) is 4.44. The fourth-order valence-electron chi connectivity index (χ4n) is 3.10. The van der Waals surface area contributed by atoms with Gasteiger partial charge in [-0.3, -0.25) is 9.69 Å². The van der Waals surface area contributed by atoms with Crippen LogP contribution in [0.3, 0.4) is 0 Å². The number of nitrogens with zero attached hydrogens (tertiary/aromatic N) is 1. The van der Waals surface area contributed by atoms with Crippen molar-refractivity contribution < 1.29 is 9.90 Å². The van der Waals surface area contributed by atoms with Gasteiger partial charge in [0.2, 0.25) is 0 Å². The molecule has 17 heavy (non-hydrogen) atoms. The molecule has 3 heteroatoms. The maximum absolute atomic E-state index is 11.0. The predicted molar refractivity (Wildman–Crippen MR) is 68.0 cm³/mol. The zero-order chi connectivity index (χ0) is 12.3. The summed E-state index contributed by atoms with van der Waals surface area (Å²) in [7, 11) is 0. The molecule has 0 aromatic rings. The first kappa shape index (κ1) is 12.9. The number of carboxylic acids is 1. The third-order valence-electron chi connectivity index (χ3n) is 4.44. The zero-order valence-corrected chi connectivity index (χ0v) is 10.9. The van der Waals surface area contributed by atoms with Crippen molar-refractivity contribution in [3.63, 3.8) is 0 Å². The van der Waals surface area contributed by atoms with Crippen molar-refractivity contribution in [2.75, 3.05) is 13.1 Å². The van der Waals surface area contributed by atoms with E-state index in [0.717, 1.165) is 18.4 Å². The van der Waals surface area contributed by atoms with Crippen LogP contribution < -0.4 is 0 Å². The highest BCUT2D eigenvalue weighted by Crippen LogP contribution is 2.33. The molecule has 0 aromatic heterocycles. The molecule has 2 aliphatic carbocycles. The van der Waals surface area contributed by atoms with Crippen LogP contribution in [0.4, 0.5) is 0 Å². The monoisotopic (exact) mass is 239 g/mol. The molecular weight excluding hydrogens is 214 g/mol. The Kier molecular flexibility index (Phi) is 4.43. The molecule has 0 bridgehead atoms. The van der Waals surface area contributed by atoms with E-state index in [4.69, 9.17) is 5.11 Å². The summed E-state index contributed by atoms with van der Waals surface area (Å²) >= 11 is 0. The highest BCUT2D eigenvalue weighted by atomic mass is 16.4. The van der Waals surface area contributed by atoms with Crippen molar-refractivity contribution >= 4 is 5.97 Å². The summed E-state index contributed by atoms with van der Waals surface area (Å²) in [5.74, 6) is 0.829. The molecule has 0 aliphatic heterocycles. The summed E-state index contributed by atoms with van der Waals surface area (Å²) in [6, 6.07) is 0.451. The van der Waals surface area contributed by atoms with Crippen molar-refractivity contribution in [1.29, 1.82) is 0 Å². The van der Waals surface area contributed by atoms with Crippen LogP contribution in [0.15, 0.2) is 0 Å². The van der Waals surface area contributed by atoms with Gasteiger partial charge < -0.3 is 5.11 Å². The van der Waals surface area contributed by atoms with E-state index in [1.165, 1.54) is 44.9 Å². The molecule has 0 amide bonds. The predicted octanol–water partition coefficient (Wildman–Crippen LogP) is 2.75. The molecule has 0 radical (unpaired) electrons.